The molecule has 5 heteroatoms. The highest BCUT2D eigenvalue weighted by Crippen LogP contribution is 2.27. The summed E-state index contributed by atoms with van der Waals surface area (Å²) in [5.41, 5.74) is 6.34. The van der Waals surface area contributed by atoms with E-state index in [1.54, 1.807) is 6.92 Å². The van der Waals surface area contributed by atoms with Crippen LogP contribution in [0.1, 0.15) is 28.8 Å². The number of hydrogen-bond acceptors (Lipinski definition) is 3. The molecule has 0 amide bonds. The van der Waals surface area contributed by atoms with Crippen LogP contribution in [-0.2, 0) is 13.0 Å². The molecule has 3 nitrogen and oxygen atoms in total. The number of pyridine rings is 1. The lowest BCUT2D eigenvalue weighted by atomic mass is 10.0. The Morgan fingerprint density at radius 2 is 2.27 bits per heavy atom. The van der Waals surface area contributed by atoms with Crippen LogP contribution in [0.2, 0.25) is 0 Å². The van der Waals surface area contributed by atoms with Crippen LogP contribution >= 0.6 is 0 Å². The van der Waals surface area contributed by atoms with Crippen molar-refractivity contribution in [2.24, 2.45) is 5.73 Å². The Kier molecular flexibility index (Phi) is 3.69. The second-order valence-electron chi connectivity index (χ2n) is 3.11. The lowest BCUT2D eigenvalue weighted by Gasteiger charge is -2.12. The predicted molar refractivity (Wildman–Crippen MR) is 51.1 cm³/mol. The third-order valence-corrected chi connectivity index (χ3v) is 2.25. The number of nitrogens with two attached hydrogens (primary N) is 1. The lowest BCUT2D eigenvalue weighted by Crippen LogP contribution is -2.09. The first-order chi connectivity index (χ1) is 7.11. The molecule has 0 fully saturated rings. The maximum Gasteiger partial charge on any atom is 0.265 e. The summed E-state index contributed by atoms with van der Waals surface area (Å²) in [6.45, 7) is 1.54. The summed E-state index contributed by atoms with van der Waals surface area (Å²) in [5.74, 6) is 0. The summed E-state index contributed by atoms with van der Waals surface area (Å²) in [4.78, 5) is 3.84. The van der Waals surface area contributed by atoms with Gasteiger partial charge in [-0.2, -0.15) is 5.26 Å². The predicted octanol–water partition coefficient (Wildman–Crippen LogP) is 1.85. The van der Waals surface area contributed by atoms with Crippen LogP contribution in [0.4, 0.5) is 8.78 Å². The minimum Gasteiger partial charge on any atom is -0.325 e. The fraction of sp³-hybridized carbons (Fsp3) is 0.400. The Hall–Kier alpha value is -1.54. The van der Waals surface area contributed by atoms with Gasteiger partial charge in [-0.25, -0.2) is 8.78 Å². The molecule has 0 saturated heterocycles. The zero-order chi connectivity index (χ0) is 11.4. The molecule has 0 aliphatic carbocycles. The van der Waals surface area contributed by atoms with Crippen molar-refractivity contribution in [1.82, 2.24) is 4.98 Å². The van der Waals surface area contributed by atoms with Crippen molar-refractivity contribution in [3.63, 3.8) is 0 Å². The van der Waals surface area contributed by atoms with Gasteiger partial charge in [0.15, 0.2) is 0 Å². The molecule has 0 bridgehead atoms. The molecule has 0 aromatic carbocycles. The highest BCUT2D eigenvalue weighted by Gasteiger charge is 2.18. The van der Waals surface area contributed by atoms with E-state index in [1.165, 1.54) is 6.20 Å². The topological polar surface area (TPSA) is 62.7 Å². The molecule has 0 atom stereocenters. The maximum atomic E-state index is 12.7. The first-order valence-electron chi connectivity index (χ1n) is 4.44. The smallest absolute Gasteiger partial charge is 0.265 e. The van der Waals surface area contributed by atoms with Crippen LogP contribution < -0.4 is 5.73 Å². The molecule has 1 aromatic rings. The molecule has 1 aromatic heterocycles. The van der Waals surface area contributed by atoms with Gasteiger partial charge >= 0.3 is 0 Å². The fourth-order valence-corrected chi connectivity index (χ4v) is 1.43. The van der Waals surface area contributed by atoms with Gasteiger partial charge in [-0.3, -0.25) is 4.98 Å². The molecule has 0 unspecified atom stereocenters. The third-order valence-electron chi connectivity index (χ3n) is 2.25. The molecule has 1 heterocycles. The zero-order valence-electron chi connectivity index (χ0n) is 8.30. The Morgan fingerprint density at radius 3 is 2.73 bits per heavy atom. The van der Waals surface area contributed by atoms with Gasteiger partial charge in [-0.15, -0.1) is 0 Å². The highest BCUT2D eigenvalue weighted by atomic mass is 19.3. The number of nitriles is 1. The second-order valence-corrected chi connectivity index (χ2v) is 3.11. The molecule has 0 spiro atoms. The first kappa shape index (κ1) is 11.5. The van der Waals surface area contributed by atoms with Crippen molar-refractivity contribution in [3.05, 3.63) is 28.6 Å². The third kappa shape index (κ3) is 2.28. The van der Waals surface area contributed by atoms with Gasteiger partial charge in [-0.1, -0.05) is 0 Å². The Balaban J connectivity index is 3.30. The van der Waals surface area contributed by atoms with E-state index in [0.29, 0.717) is 11.1 Å². The van der Waals surface area contributed by atoms with Gasteiger partial charge in [-0.05, 0) is 18.1 Å². The van der Waals surface area contributed by atoms with Gasteiger partial charge in [0.05, 0.1) is 18.2 Å². The second kappa shape index (κ2) is 4.80. The lowest BCUT2D eigenvalue weighted by molar-refractivity contribution is 0.148. The van der Waals surface area contributed by atoms with E-state index in [1.807, 2.05) is 6.07 Å². The molecule has 0 aliphatic rings. The molecule has 2 N–H and O–H groups in total. The van der Waals surface area contributed by atoms with E-state index in [9.17, 15) is 8.78 Å². The SMILES string of the molecule is Cc1c(CC#N)cnc(CN)c1C(F)F. The van der Waals surface area contributed by atoms with Crippen LogP contribution in [0, 0.1) is 18.3 Å². The minimum atomic E-state index is -2.60. The van der Waals surface area contributed by atoms with Crippen LogP contribution in [0.5, 0.6) is 0 Å². The highest BCUT2D eigenvalue weighted by molar-refractivity contribution is 5.37. The quantitative estimate of drug-likeness (QED) is 0.829. The van der Waals surface area contributed by atoms with E-state index < -0.39 is 6.43 Å². The van der Waals surface area contributed by atoms with E-state index in [0.717, 1.165) is 0 Å². The minimum absolute atomic E-state index is 0.0205. The fourth-order valence-electron chi connectivity index (χ4n) is 1.43. The largest absolute Gasteiger partial charge is 0.325 e. The van der Waals surface area contributed by atoms with Crippen LogP contribution in [0.25, 0.3) is 0 Å². The van der Waals surface area contributed by atoms with Crippen molar-refractivity contribution < 1.29 is 8.78 Å². The first-order valence-corrected chi connectivity index (χ1v) is 4.44. The van der Waals surface area contributed by atoms with Crippen molar-refractivity contribution in [3.8, 4) is 6.07 Å². The Bertz CT molecular complexity index is 396. The summed E-state index contributed by atoms with van der Waals surface area (Å²) in [5, 5.41) is 8.51. The molecule has 0 saturated carbocycles. The zero-order valence-corrected chi connectivity index (χ0v) is 8.30. The molecular weight excluding hydrogens is 200 g/mol. The molecule has 1 rings (SSSR count). The normalized spacial score (nSPS) is 10.4. The van der Waals surface area contributed by atoms with Crippen LogP contribution in [0.15, 0.2) is 6.20 Å². The number of rotatable bonds is 3. The number of nitrogens with zero attached hydrogens (tertiary/aromatic N) is 2. The van der Waals surface area contributed by atoms with E-state index in [4.69, 9.17) is 11.0 Å². The summed E-state index contributed by atoms with van der Waals surface area (Å²) in [7, 11) is 0. The number of halogens is 2. The maximum absolute atomic E-state index is 12.7. The summed E-state index contributed by atoms with van der Waals surface area (Å²) in [6, 6.07) is 1.91. The number of aromatic nitrogens is 1. The van der Waals surface area contributed by atoms with Crippen molar-refractivity contribution in [2.75, 3.05) is 0 Å². The average Bonchev–Trinajstić information content (AvgIpc) is 2.20. The Labute approximate surface area is 86.5 Å². The van der Waals surface area contributed by atoms with Gasteiger partial charge < -0.3 is 5.73 Å². The standard InChI is InChI=1S/C10H11F2N3/c1-6-7(2-3-13)5-15-8(4-14)9(6)10(11)12/h5,10H,2,4,14H2,1H3. The summed E-state index contributed by atoms with van der Waals surface area (Å²) < 4.78 is 25.4. The van der Waals surface area contributed by atoms with Crippen molar-refractivity contribution >= 4 is 0 Å². The van der Waals surface area contributed by atoms with Crippen LogP contribution in [-0.4, -0.2) is 4.98 Å². The molecule has 0 radical (unpaired) electrons. The van der Waals surface area contributed by atoms with E-state index in [-0.39, 0.29) is 24.2 Å². The van der Waals surface area contributed by atoms with Crippen LogP contribution in [0.3, 0.4) is 0 Å². The molecule has 15 heavy (non-hydrogen) atoms. The number of alkyl halides is 2. The number of hydrogen-bond donors (Lipinski definition) is 1. The van der Waals surface area contributed by atoms with Crippen molar-refractivity contribution in [2.45, 2.75) is 26.3 Å². The molecule has 0 aliphatic heterocycles. The summed E-state index contributed by atoms with van der Waals surface area (Å²) in [6.07, 6.45) is -1.08. The average molecular weight is 211 g/mol. The summed E-state index contributed by atoms with van der Waals surface area (Å²) >= 11 is 0. The monoisotopic (exact) mass is 211 g/mol. The van der Waals surface area contributed by atoms with Gasteiger partial charge in [0.1, 0.15) is 0 Å². The van der Waals surface area contributed by atoms with Gasteiger partial charge in [0.25, 0.3) is 6.43 Å². The molecule has 80 valence electrons. The van der Waals surface area contributed by atoms with E-state index in [2.05, 4.69) is 4.98 Å². The Morgan fingerprint density at radius 1 is 1.60 bits per heavy atom. The van der Waals surface area contributed by atoms with Gasteiger partial charge in [0, 0.05) is 18.3 Å². The van der Waals surface area contributed by atoms with Gasteiger partial charge in [0.2, 0.25) is 0 Å². The molecular formula is C10H11F2N3. The van der Waals surface area contributed by atoms with Crippen molar-refractivity contribution in [1.29, 1.82) is 5.26 Å². The van der Waals surface area contributed by atoms with E-state index >= 15 is 0 Å².